The Kier molecular flexibility index (Phi) is 6.12. The van der Waals surface area contributed by atoms with E-state index in [1.807, 2.05) is 24.3 Å². The Balaban J connectivity index is 2.30. The number of aliphatic hydroxyl groups is 1. The minimum atomic E-state index is -0.853. The van der Waals surface area contributed by atoms with E-state index < -0.39 is 5.60 Å². The average Bonchev–Trinajstić information content (AvgIpc) is 2.52. The summed E-state index contributed by atoms with van der Waals surface area (Å²) in [4.78, 5) is 2.49. The van der Waals surface area contributed by atoms with E-state index in [1.165, 1.54) is 0 Å². The summed E-state index contributed by atoms with van der Waals surface area (Å²) < 4.78 is 0. The molecule has 3 nitrogen and oxygen atoms in total. The van der Waals surface area contributed by atoms with Crippen molar-refractivity contribution in [3.8, 4) is 0 Å². The number of nitrogens with two attached hydrogens (primary N) is 1. The zero-order valence-electron chi connectivity index (χ0n) is 14.7. The molecule has 0 aliphatic carbocycles. The van der Waals surface area contributed by atoms with E-state index in [0.717, 1.165) is 37.9 Å². The molecule has 1 saturated heterocycles. The van der Waals surface area contributed by atoms with Crippen LogP contribution in [0.2, 0.25) is 5.02 Å². The van der Waals surface area contributed by atoms with Crippen molar-refractivity contribution in [2.45, 2.75) is 57.6 Å². The van der Waals surface area contributed by atoms with Crippen LogP contribution in [0, 0.1) is 5.92 Å². The Morgan fingerprint density at radius 1 is 1.35 bits per heavy atom. The van der Waals surface area contributed by atoms with E-state index in [-0.39, 0.29) is 11.5 Å². The Labute approximate surface area is 145 Å². The molecule has 0 aromatic heterocycles. The lowest BCUT2D eigenvalue weighted by Crippen LogP contribution is -2.52. The van der Waals surface area contributed by atoms with Crippen molar-refractivity contribution in [2.75, 3.05) is 19.6 Å². The summed E-state index contributed by atoms with van der Waals surface area (Å²) in [5.41, 5.74) is 5.93. The number of halogens is 1. The van der Waals surface area contributed by atoms with Gasteiger partial charge in [0, 0.05) is 23.0 Å². The van der Waals surface area contributed by atoms with Gasteiger partial charge in [-0.25, -0.2) is 0 Å². The van der Waals surface area contributed by atoms with Crippen LogP contribution in [0.1, 0.15) is 52.0 Å². The number of nitrogens with zero attached hydrogens (tertiary/aromatic N) is 1. The third kappa shape index (κ3) is 4.48. The van der Waals surface area contributed by atoms with Gasteiger partial charge in [-0.15, -0.1) is 0 Å². The third-order valence-corrected chi connectivity index (χ3v) is 5.37. The molecule has 0 bridgehead atoms. The molecule has 1 aromatic carbocycles. The van der Waals surface area contributed by atoms with Gasteiger partial charge >= 0.3 is 0 Å². The second kappa shape index (κ2) is 7.52. The maximum atomic E-state index is 11.6. The van der Waals surface area contributed by atoms with Gasteiger partial charge in [-0.05, 0) is 77.2 Å². The number of likely N-dealkylation sites (tertiary alicyclic amines) is 1. The molecule has 130 valence electrons. The summed E-state index contributed by atoms with van der Waals surface area (Å²) in [5, 5.41) is 12.3. The summed E-state index contributed by atoms with van der Waals surface area (Å²) in [5.74, 6) is 0.209. The van der Waals surface area contributed by atoms with E-state index in [0.29, 0.717) is 18.0 Å². The van der Waals surface area contributed by atoms with Crippen molar-refractivity contribution in [2.24, 2.45) is 11.7 Å². The Hall–Kier alpha value is -0.610. The second-order valence-corrected chi connectivity index (χ2v) is 8.22. The Morgan fingerprint density at radius 2 is 2.09 bits per heavy atom. The lowest BCUT2D eigenvalue weighted by molar-refractivity contribution is -0.0730. The van der Waals surface area contributed by atoms with Gasteiger partial charge in [0.1, 0.15) is 0 Å². The summed E-state index contributed by atoms with van der Waals surface area (Å²) in [7, 11) is 0. The molecular weight excluding hydrogens is 308 g/mol. The lowest BCUT2D eigenvalue weighted by atomic mass is 9.73. The topological polar surface area (TPSA) is 49.5 Å². The molecular formula is C19H31ClN2O. The van der Waals surface area contributed by atoms with Gasteiger partial charge in [-0.1, -0.05) is 23.7 Å². The summed E-state index contributed by atoms with van der Waals surface area (Å²) in [6, 6.07) is 7.69. The summed E-state index contributed by atoms with van der Waals surface area (Å²) >= 11 is 6.18. The molecule has 1 fully saturated rings. The highest BCUT2D eigenvalue weighted by Crippen LogP contribution is 2.41. The van der Waals surface area contributed by atoms with Crippen LogP contribution in [0.5, 0.6) is 0 Å². The van der Waals surface area contributed by atoms with Crippen LogP contribution in [0.4, 0.5) is 0 Å². The van der Waals surface area contributed by atoms with Crippen molar-refractivity contribution < 1.29 is 5.11 Å². The van der Waals surface area contributed by atoms with E-state index in [1.54, 1.807) is 0 Å². The number of hydrogen-bond acceptors (Lipinski definition) is 3. The lowest BCUT2D eigenvalue weighted by Gasteiger charge is -2.47. The van der Waals surface area contributed by atoms with Crippen LogP contribution in [-0.2, 0) is 5.60 Å². The first kappa shape index (κ1) is 18.7. The van der Waals surface area contributed by atoms with Crippen LogP contribution in [0.25, 0.3) is 0 Å². The zero-order valence-corrected chi connectivity index (χ0v) is 15.4. The second-order valence-electron chi connectivity index (χ2n) is 7.78. The molecule has 0 radical (unpaired) electrons. The van der Waals surface area contributed by atoms with Gasteiger partial charge in [0.15, 0.2) is 0 Å². The van der Waals surface area contributed by atoms with Crippen LogP contribution in [0.15, 0.2) is 24.3 Å². The van der Waals surface area contributed by atoms with E-state index in [9.17, 15) is 5.11 Å². The Morgan fingerprint density at radius 3 is 2.70 bits per heavy atom. The fraction of sp³-hybridized carbons (Fsp3) is 0.684. The van der Waals surface area contributed by atoms with E-state index in [2.05, 4.69) is 25.7 Å². The first-order valence-corrected chi connectivity index (χ1v) is 9.08. The molecule has 23 heavy (non-hydrogen) atoms. The van der Waals surface area contributed by atoms with E-state index >= 15 is 0 Å². The molecule has 0 saturated carbocycles. The third-order valence-electron chi connectivity index (χ3n) is 5.13. The predicted molar refractivity (Wildman–Crippen MR) is 97.7 cm³/mol. The molecule has 1 aliphatic rings. The highest BCUT2D eigenvalue weighted by Gasteiger charge is 2.41. The smallest absolute Gasteiger partial charge is 0.0937 e. The van der Waals surface area contributed by atoms with Gasteiger partial charge in [0.05, 0.1) is 5.60 Å². The van der Waals surface area contributed by atoms with Crippen LogP contribution >= 0.6 is 11.6 Å². The quantitative estimate of drug-likeness (QED) is 0.859. The number of piperidine rings is 1. The molecule has 1 aromatic rings. The van der Waals surface area contributed by atoms with Crippen LogP contribution in [0.3, 0.4) is 0 Å². The van der Waals surface area contributed by atoms with Gasteiger partial charge in [-0.2, -0.15) is 0 Å². The highest BCUT2D eigenvalue weighted by atomic mass is 35.5. The largest absolute Gasteiger partial charge is 0.385 e. The highest BCUT2D eigenvalue weighted by molar-refractivity contribution is 6.30. The van der Waals surface area contributed by atoms with Gasteiger partial charge in [0.2, 0.25) is 0 Å². The molecule has 1 heterocycles. The summed E-state index contributed by atoms with van der Waals surface area (Å²) in [6.45, 7) is 9.34. The van der Waals surface area contributed by atoms with Crippen molar-refractivity contribution in [3.05, 3.63) is 34.9 Å². The van der Waals surface area contributed by atoms with Crippen LogP contribution in [-0.4, -0.2) is 35.2 Å². The molecule has 2 rings (SSSR count). The summed E-state index contributed by atoms with van der Waals surface area (Å²) in [6.07, 6.45) is 3.66. The molecule has 0 spiro atoms. The Bertz CT molecular complexity index is 514. The van der Waals surface area contributed by atoms with Crippen molar-refractivity contribution in [3.63, 3.8) is 0 Å². The average molecular weight is 339 g/mol. The molecule has 0 amide bonds. The fourth-order valence-corrected chi connectivity index (χ4v) is 3.88. The standard InChI is InChI=1S/C19H31ClN2O/c1-18(2,3)22-12-5-8-16(14-22)19(23,10-6-11-21)15-7-4-9-17(20)13-15/h4,7,9,13,16,23H,5-6,8,10-12,14,21H2,1-3H3/t16-,19-/m1/s1. The SMILES string of the molecule is CC(C)(C)N1CCC[C@@H]([C@@](O)(CCCN)c2cccc(Cl)c2)C1. The predicted octanol–water partition coefficient (Wildman–Crippen LogP) is 3.78. The molecule has 3 N–H and O–H groups in total. The first-order valence-electron chi connectivity index (χ1n) is 8.71. The van der Waals surface area contributed by atoms with E-state index in [4.69, 9.17) is 17.3 Å². The minimum absolute atomic E-state index is 0.127. The van der Waals surface area contributed by atoms with Crippen molar-refractivity contribution >= 4 is 11.6 Å². The minimum Gasteiger partial charge on any atom is -0.385 e. The van der Waals surface area contributed by atoms with Gasteiger partial charge in [-0.3, -0.25) is 4.90 Å². The first-order chi connectivity index (χ1) is 10.8. The normalized spacial score (nSPS) is 22.8. The fourth-order valence-electron chi connectivity index (χ4n) is 3.69. The molecule has 1 aliphatic heterocycles. The number of benzene rings is 1. The zero-order chi connectivity index (χ0) is 17.1. The molecule has 4 heteroatoms. The number of hydrogen-bond donors (Lipinski definition) is 2. The molecule has 0 unspecified atom stereocenters. The van der Waals surface area contributed by atoms with Crippen LogP contribution < -0.4 is 5.73 Å². The van der Waals surface area contributed by atoms with Crippen molar-refractivity contribution in [1.29, 1.82) is 0 Å². The van der Waals surface area contributed by atoms with Gasteiger partial charge < -0.3 is 10.8 Å². The maximum Gasteiger partial charge on any atom is 0.0937 e. The number of rotatable bonds is 5. The van der Waals surface area contributed by atoms with Gasteiger partial charge in [0.25, 0.3) is 0 Å². The molecule has 2 atom stereocenters. The maximum absolute atomic E-state index is 11.6. The van der Waals surface area contributed by atoms with Crippen molar-refractivity contribution in [1.82, 2.24) is 4.90 Å². The monoisotopic (exact) mass is 338 g/mol.